The molecule has 2 aliphatic rings. The normalized spacial score (nSPS) is 16.1. The number of amides is 3. The molecule has 5 rings (SSSR count). The van der Waals surface area contributed by atoms with E-state index in [0.29, 0.717) is 12.1 Å². The van der Waals surface area contributed by atoms with Crippen molar-refractivity contribution in [2.24, 2.45) is 0 Å². The average Bonchev–Trinajstić information content (AvgIpc) is 3.47. The first-order valence-corrected chi connectivity index (χ1v) is 12.4. The monoisotopic (exact) mass is 469 g/mol. The van der Waals surface area contributed by atoms with E-state index in [-0.39, 0.29) is 30.3 Å². The Morgan fingerprint density at radius 3 is 2.43 bits per heavy atom. The highest BCUT2D eigenvalue weighted by atomic mass is 16.2. The fourth-order valence-electron chi connectivity index (χ4n) is 5.23. The summed E-state index contributed by atoms with van der Waals surface area (Å²) >= 11 is 0. The molecule has 0 spiro atoms. The first-order valence-electron chi connectivity index (χ1n) is 12.4. The van der Waals surface area contributed by atoms with E-state index in [1.165, 1.54) is 0 Å². The second-order valence-electron chi connectivity index (χ2n) is 9.75. The molecule has 1 aliphatic carbocycles. The number of nitrogens with zero attached hydrogens (tertiary/aromatic N) is 2. The summed E-state index contributed by atoms with van der Waals surface area (Å²) in [7, 11) is 0. The maximum Gasteiger partial charge on any atom is 0.259 e. The van der Waals surface area contributed by atoms with E-state index in [0.717, 1.165) is 53.3 Å². The Bertz CT molecular complexity index is 1270. The molecule has 6 nitrogen and oxygen atoms in total. The van der Waals surface area contributed by atoms with Gasteiger partial charge in [0.25, 0.3) is 5.91 Å². The number of aryl methyl sites for hydroxylation is 1. The van der Waals surface area contributed by atoms with E-state index < -0.39 is 6.04 Å². The van der Waals surface area contributed by atoms with Crippen LogP contribution in [0.3, 0.4) is 0 Å². The van der Waals surface area contributed by atoms with Crippen molar-refractivity contribution in [3.8, 4) is 0 Å². The molecule has 3 amide bonds. The molecule has 0 bridgehead atoms. The van der Waals surface area contributed by atoms with Crippen molar-refractivity contribution in [3.05, 3.63) is 77.4 Å². The molecule has 35 heavy (non-hydrogen) atoms. The molecule has 1 saturated carbocycles. The van der Waals surface area contributed by atoms with E-state index in [2.05, 4.69) is 5.32 Å². The Labute approximate surface area is 205 Å². The SMILES string of the molecule is Cc1ccc(CN(C(=O)CN2C(=O)c3cccc4cccc2c34)[C@@H](C)C(=O)NC2CCCC2)cc1. The average molecular weight is 470 g/mol. The van der Waals surface area contributed by atoms with Gasteiger partial charge in [0, 0.05) is 23.5 Å². The molecule has 1 atom stereocenters. The van der Waals surface area contributed by atoms with Gasteiger partial charge in [-0.05, 0) is 49.8 Å². The van der Waals surface area contributed by atoms with Crippen LogP contribution in [-0.4, -0.2) is 41.2 Å². The molecule has 3 aromatic carbocycles. The lowest BCUT2D eigenvalue weighted by molar-refractivity contribution is -0.139. The van der Waals surface area contributed by atoms with Gasteiger partial charge in [-0.3, -0.25) is 19.3 Å². The van der Waals surface area contributed by atoms with Crippen molar-refractivity contribution in [1.82, 2.24) is 10.2 Å². The van der Waals surface area contributed by atoms with Crippen LogP contribution in [0.2, 0.25) is 0 Å². The van der Waals surface area contributed by atoms with E-state index >= 15 is 0 Å². The number of carbonyl (C=O) groups excluding carboxylic acids is 3. The lowest BCUT2D eigenvalue weighted by atomic mass is 10.1. The number of hydrogen-bond donors (Lipinski definition) is 1. The van der Waals surface area contributed by atoms with Gasteiger partial charge in [-0.15, -0.1) is 0 Å². The van der Waals surface area contributed by atoms with E-state index in [4.69, 9.17) is 0 Å². The second-order valence-corrected chi connectivity index (χ2v) is 9.75. The summed E-state index contributed by atoms with van der Waals surface area (Å²) in [5, 5.41) is 4.98. The van der Waals surface area contributed by atoms with E-state index in [9.17, 15) is 14.4 Å². The van der Waals surface area contributed by atoms with Crippen LogP contribution in [0.4, 0.5) is 5.69 Å². The van der Waals surface area contributed by atoms with Crippen LogP contribution in [0, 0.1) is 6.92 Å². The van der Waals surface area contributed by atoms with Gasteiger partial charge in [0.2, 0.25) is 11.8 Å². The maximum atomic E-state index is 13.7. The standard InChI is InChI=1S/C29H31N3O3/c1-19-13-15-21(16-14-19)17-31(20(2)28(34)30-23-9-3-4-10-23)26(33)18-32-25-12-6-8-22-7-5-11-24(27(22)25)29(32)35/h5-8,11-16,20,23H,3-4,9-10,17-18H2,1-2H3,(H,30,34)/t20-/m0/s1. The summed E-state index contributed by atoms with van der Waals surface area (Å²) in [6.45, 7) is 3.98. The highest BCUT2D eigenvalue weighted by molar-refractivity contribution is 6.26. The first kappa shape index (κ1) is 23.1. The molecule has 0 saturated heterocycles. The zero-order chi connectivity index (χ0) is 24.5. The van der Waals surface area contributed by atoms with Gasteiger partial charge in [0.15, 0.2) is 0 Å². The fourth-order valence-corrected chi connectivity index (χ4v) is 5.23. The molecule has 6 heteroatoms. The minimum absolute atomic E-state index is 0.112. The van der Waals surface area contributed by atoms with Crippen LogP contribution in [0.5, 0.6) is 0 Å². The maximum absolute atomic E-state index is 13.7. The molecule has 1 fully saturated rings. The largest absolute Gasteiger partial charge is 0.352 e. The van der Waals surface area contributed by atoms with E-state index in [1.54, 1.807) is 22.8 Å². The summed E-state index contributed by atoms with van der Waals surface area (Å²) in [4.78, 5) is 43.2. The van der Waals surface area contributed by atoms with Crippen LogP contribution in [0.1, 0.15) is 54.1 Å². The molecule has 0 aromatic heterocycles. The third-order valence-corrected chi connectivity index (χ3v) is 7.28. The fraction of sp³-hybridized carbons (Fsp3) is 0.345. The van der Waals surface area contributed by atoms with Crippen molar-refractivity contribution >= 4 is 34.2 Å². The predicted octanol–water partition coefficient (Wildman–Crippen LogP) is 4.58. The number of rotatable bonds is 7. The molecule has 180 valence electrons. The zero-order valence-electron chi connectivity index (χ0n) is 20.3. The van der Waals surface area contributed by atoms with Crippen LogP contribution in [-0.2, 0) is 16.1 Å². The number of benzene rings is 3. The minimum Gasteiger partial charge on any atom is -0.352 e. The van der Waals surface area contributed by atoms with Gasteiger partial charge in [0.1, 0.15) is 12.6 Å². The Hall–Kier alpha value is -3.67. The molecular weight excluding hydrogens is 438 g/mol. The summed E-state index contributed by atoms with van der Waals surface area (Å²) in [5.41, 5.74) is 3.44. The third kappa shape index (κ3) is 4.53. The predicted molar refractivity (Wildman–Crippen MR) is 137 cm³/mol. The van der Waals surface area contributed by atoms with Gasteiger partial charge >= 0.3 is 0 Å². The highest BCUT2D eigenvalue weighted by Gasteiger charge is 2.34. The lowest BCUT2D eigenvalue weighted by Crippen LogP contribution is -2.52. The van der Waals surface area contributed by atoms with Gasteiger partial charge in [-0.25, -0.2) is 0 Å². The molecule has 0 unspecified atom stereocenters. The number of hydrogen-bond acceptors (Lipinski definition) is 3. The highest BCUT2D eigenvalue weighted by Crippen LogP contribution is 2.37. The molecule has 1 aliphatic heterocycles. The van der Waals surface area contributed by atoms with Gasteiger partial charge < -0.3 is 10.2 Å². The Kier molecular flexibility index (Phi) is 6.29. The summed E-state index contributed by atoms with van der Waals surface area (Å²) in [6.07, 6.45) is 4.20. The van der Waals surface area contributed by atoms with Gasteiger partial charge in [-0.1, -0.05) is 66.9 Å². The van der Waals surface area contributed by atoms with Gasteiger partial charge in [0.05, 0.1) is 5.69 Å². The third-order valence-electron chi connectivity index (χ3n) is 7.28. The topological polar surface area (TPSA) is 69.7 Å². The van der Waals surface area contributed by atoms with Crippen LogP contribution in [0.15, 0.2) is 60.7 Å². The van der Waals surface area contributed by atoms with E-state index in [1.807, 2.05) is 61.5 Å². The number of nitrogens with one attached hydrogen (secondary N) is 1. The summed E-state index contributed by atoms with van der Waals surface area (Å²) < 4.78 is 0. The lowest BCUT2D eigenvalue weighted by Gasteiger charge is -2.31. The molecule has 1 heterocycles. The smallest absolute Gasteiger partial charge is 0.259 e. The van der Waals surface area contributed by atoms with Crippen LogP contribution < -0.4 is 10.2 Å². The Morgan fingerprint density at radius 2 is 1.71 bits per heavy atom. The van der Waals surface area contributed by atoms with Crippen LogP contribution >= 0.6 is 0 Å². The quantitative estimate of drug-likeness (QED) is 0.551. The molecule has 0 radical (unpaired) electrons. The van der Waals surface area contributed by atoms with Gasteiger partial charge in [-0.2, -0.15) is 0 Å². The summed E-state index contributed by atoms with van der Waals surface area (Å²) in [5.74, 6) is -0.572. The van der Waals surface area contributed by atoms with Crippen molar-refractivity contribution in [2.75, 3.05) is 11.4 Å². The van der Waals surface area contributed by atoms with Crippen molar-refractivity contribution in [2.45, 2.75) is 58.2 Å². The van der Waals surface area contributed by atoms with Crippen molar-refractivity contribution < 1.29 is 14.4 Å². The Balaban J connectivity index is 1.40. The molecular formula is C29H31N3O3. The van der Waals surface area contributed by atoms with Crippen LogP contribution in [0.25, 0.3) is 10.8 Å². The number of carbonyl (C=O) groups is 3. The van der Waals surface area contributed by atoms with Crippen molar-refractivity contribution in [1.29, 1.82) is 0 Å². The van der Waals surface area contributed by atoms with Crippen molar-refractivity contribution in [3.63, 3.8) is 0 Å². The first-order chi connectivity index (χ1) is 16.9. The number of anilines is 1. The summed E-state index contributed by atoms with van der Waals surface area (Å²) in [6, 6.07) is 18.9. The second kappa shape index (κ2) is 9.53. The zero-order valence-corrected chi connectivity index (χ0v) is 20.3. The Morgan fingerprint density at radius 1 is 1.03 bits per heavy atom. The molecule has 3 aromatic rings. The minimum atomic E-state index is -0.653. The molecule has 1 N–H and O–H groups in total.